The lowest BCUT2D eigenvalue weighted by Crippen LogP contribution is -2.55. The molecule has 0 aromatic rings. The van der Waals surface area contributed by atoms with Gasteiger partial charge >= 0.3 is 0 Å². The molecule has 3 saturated heterocycles. The molecule has 0 aromatic heterocycles. The molecule has 0 spiro atoms. The fraction of sp³-hybridized carbons (Fsp3) is 0.889. The molecule has 0 radical (unpaired) electrons. The van der Waals surface area contributed by atoms with E-state index in [0.29, 0.717) is 5.92 Å². The molecule has 0 aliphatic carbocycles. The summed E-state index contributed by atoms with van der Waals surface area (Å²) in [5, 5.41) is 3.55. The van der Waals surface area contributed by atoms with E-state index in [2.05, 4.69) is 27.0 Å². The maximum Gasteiger partial charge on any atom is 0.251 e. The number of hydrogen-bond acceptors (Lipinski definition) is 4. The highest BCUT2D eigenvalue weighted by atomic mass is 127. The summed E-state index contributed by atoms with van der Waals surface area (Å²) in [5.74, 6) is 1.85. The molecule has 0 aromatic carbocycles. The minimum Gasteiger partial charge on any atom is -0.368 e. The third-order valence-corrected chi connectivity index (χ3v) is 5.67. The standard InChI is InChI=1S/C18H33N5O2.HI/c1-3-21-7-6-15(14-21)13-20-18(19-2)23-10-8-22(9-11-23)17(24)16-5-4-12-25-16;/h15-16H,3-14H2,1-2H3,(H,19,20);1H. The van der Waals surface area contributed by atoms with Crippen molar-refractivity contribution in [3.63, 3.8) is 0 Å². The van der Waals surface area contributed by atoms with Gasteiger partial charge in [-0.05, 0) is 38.3 Å². The summed E-state index contributed by atoms with van der Waals surface area (Å²) in [6, 6.07) is 0. The molecule has 26 heavy (non-hydrogen) atoms. The molecule has 7 nitrogen and oxygen atoms in total. The van der Waals surface area contributed by atoms with E-state index >= 15 is 0 Å². The smallest absolute Gasteiger partial charge is 0.251 e. The summed E-state index contributed by atoms with van der Waals surface area (Å²) in [6.07, 6.45) is 2.94. The fourth-order valence-corrected chi connectivity index (χ4v) is 4.05. The van der Waals surface area contributed by atoms with Gasteiger partial charge in [0.15, 0.2) is 5.96 Å². The van der Waals surface area contributed by atoms with E-state index in [1.54, 1.807) is 0 Å². The number of carbonyl (C=O) groups is 1. The Bertz CT molecular complexity index is 476. The molecule has 2 atom stereocenters. The van der Waals surface area contributed by atoms with Gasteiger partial charge in [-0.3, -0.25) is 9.79 Å². The predicted octanol–water partition coefficient (Wildman–Crippen LogP) is 0.845. The van der Waals surface area contributed by atoms with Crippen LogP contribution >= 0.6 is 24.0 Å². The highest BCUT2D eigenvalue weighted by molar-refractivity contribution is 14.0. The number of aliphatic imine (C=N–C) groups is 1. The first-order chi connectivity index (χ1) is 12.2. The van der Waals surface area contributed by atoms with Crippen molar-refractivity contribution in [3.8, 4) is 0 Å². The Kier molecular flexibility index (Phi) is 8.89. The summed E-state index contributed by atoms with van der Waals surface area (Å²) >= 11 is 0. The third kappa shape index (κ3) is 5.45. The second-order valence-corrected chi connectivity index (χ2v) is 7.29. The Morgan fingerprint density at radius 1 is 1.15 bits per heavy atom. The van der Waals surface area contributed by atoms with Crippen molar-refractivity contribution >= 4 is 35.8 Å². The minimum atomic E-state index is -0.201. The molecule has 8 heteroatoms. The van der Waals surface area contributed by atoms with E-state index < -0.39 is 0 Å². The molecule has 3 rings (SSSR count). The minimum absolute atomic E-state index is 0. The first-order valence-electron chi connectivity index (χ1n) is 9.79. The zero-order valence-electron chi connectivity index (χ0n) is 16.2. The van der Waals surface area contributed by atoms with Crippen LogP contribution in [0.4, 0.5) is 0 Å². The third-order valence-electron chi connectivity index (χ3n) is 5.67. The van der Waals surface area contributed by atoms with Gasteiger partial charge in [0.1, 0.15) is 6.10 Å². The number of rotatable bonds is 4. The van der Waals surface area contributed by atoms with Gasteiger partial charge < -0.3 is 24.8 Å². The summed E-state index contributed by atoms with van der Waals surface area (Å²) in [4.78, 5) is 23.6. The highest BCUT2D eigenvalue weighted by Crippen LogP contribution is 2.17. The summed E-state index contributed by atoms with van der Waals surface area (Å²) in [6.45, 7) is 10.7. The van der Waals surface area contributed by atoms with Crippen LogP contribution in [0.2, 0.25) is 0 Å². The molecule has 1 N–H and O–H groups in total. The lowest BCUT2D eigenvalue weighted by atomic mass is 10.1. The largest absolute Gasteiger partial charge is 0.368 e. The SMILES string of the molecule is CCN1CCC(CNC(=NC)N2CCN(C(=O)C3CCCO3)CC2)C1.I. The van der Waals surface area contributed by atoms with E-state index in [1.165, 1.54) is 19.5 Å². The van der Waals surface area contributed by atoms with Gasteiger partial charge in [-0.15, -0.1) is 24.0 Å². The molecule has 3 aliphatic heterocycles. The van der Waals surface area contributed by atoms with Crippen molar-refractivity contribution in [1.29, 1.82) is 0 Å². The van der Waals surface area contributed by atoms with Crippen LogP contribution < -0.4 is 5.32 Å². The molecular weight excluding hydrogens is 445 g/mol. The zero-order valence-corrected chi connectivity index (χ0v) is 18.5. The van der Waals surface area contributed by atoms with Gasteiger partial charge in [0, 0.05) is 52.9 Å². The number of ether oxygens (including phenoxy) is 1. The van der Waals surface area contributed by atoms with Crippen molar-refractivity contribution in [2.24, 2.45) is 10.9 Å². The van der Waals surface area contributed by atoms with Crippen LogP contribution in [-0.4, -0.2) is 98.7 Å². The quantitative estimate of drug-likeness (QED) is 0.368. The van der Waals surface area contributed by atoms with Crippen molar-refractivity contribution in [2.45, 2.75) is 32.3 Å². The van der Waals surface area contributed by atoms with Gasteiger partial charge in [0.05, 0.1) is 0 Å². The number of carbonyl (C=O) groups excluding carboxylic acids is 1. The maximum absolute atomic E-state index is 12.4. The van der Waals surface area contributed by atoms with Crippen LogP contribution in [0.3, 0.4) is 0 Å². The van der Waals surface area contributed by atoms with Crippen molar-refractivity contribution in [3.05, 3.63) is 0 Å². The number of nitrogens with zero attached hydrogens (tertiary/aromatic N) is 4. The fourth-order valence-electron chi connectivity index (χ4n) is 4.05. The molecule has 3 fully saturated rings. The normalized spacial score (nSPS) is 27.5. The van der Waals surface area contributed by atoms with Gasteiger partial charge in [0.25, 0.3) is 5.91 Å². The lowest BCUT2D eigenvalue weighted by Gasteiger charge is -2.37. The molecule has 0 bridgehead atoms. The van der Waals surface area contributed by atoms with E-state index in [1.807, 2.05) is 11.9 Å². The number of amides is 1. The van der Waals surface area contributed by atoms with E-state index in [0.717, 1.165) is 64.7 Å². The molecule has 3 aliphatic rings. The zero-order chi connectivity index (χ0) is 17.6. The Labute approximate surface area is 174 Å². The summed E-state index contributed by atoms with van der Waals surface area (Å²) in [5.41, 5.74) is 0. The van der Waals surface area contributed by atoms with Crippen LogP contribution in [0.5, 0.6) is 0 Å². The molecule has 150 valence electrons. The lowest BCUT2D eigenvalue weighted by molar-refractivity contribution is -0.142. The number of hydrogen-bond donors (Lipinski definition) is 1. The Balaban J connectivity index is 0.00000243. The first-order valence-corrected chi connectivity index (χ1v) is 9.79. The van der Waals surface area contributed by atoms with Crippen LogP contribution in [0.25, 0.3) is 0 Å². The number of guanidine groups is 1. The van der Waals surface area contributed by atoms with Crippen LogP contribution in [-0.2, 0) is 9.53 Å². The van der Waals surface area contributed by atoms with Crippen LogP contribution in [0.1, 0.15) is 26.2 Å². The number of halogens is 1. The second-order valence-electron chi connectivity index (χ2n) is 7.29. The Morgan fingerprint density at radius 3 is 2.46 bits per heavy atom. The van der Waals surface area contributed by atoms with E-state index in [4.69, 9.17) is 4.74 Å². The maximum atomic E-state index is 12.4. The predicted molar refractivity (Wildman–Crippen MR) is 114 cm³/mol. The van der Waals surface area contributed by atoms with Gasteiger partial charge in [-0.25, -0.2) is 0 Å². The molecule has 2 unspecified atom stereocenters. The van der Waals surface area contributed by atoms with Gasteiger partial charge in [-0.1, -0.05) is 6.92 Å². The number of likely N-dealkylation sites (tertiary alicyclic amines) is 1. The number of nitrogens with one attached hydrogen (secondary N) is 1. The Hall–Kier alpha value is -0.610. The summed E-state index contributed by atoms with van der Waals surface area (Å²) < 4.78 is 5.53. The molecule has 0 saturated carbocycles. The van der Waals surface area contributed by atoms with Crippen LogP contribution in [0, 0.1) is 5.92 Å². The first kappa shape index (κ1) is 21.7. The monoisotopic (exact) mass is 479 g/mol. The molecule has 3 heterocycles. The number of piperazine rings is 1. The average molecular weight is 479 g/mol. The molecular formula is C18H34IN5O2. The van der Waals surface area contributed by atoms with Gasteiger partial charge in [-0.2, -0.15) is 0 Å². The second kappa shape index (κ2) is 10.7. The average Bonchev–Trinajstić information content (AvgIpc) is 3.34. The molecule has 1 amide bonds. The van der Waals surface area contributed by atoms with Crippen molar-refractivity contribution in [1.82, 2.24) is 20.0 Å². The highest BCUT2D eigenvalue weighted by Gasteiger charge is 2.31. The summed E-state index contributed by atoms with van der Waals surface area (Å²) in [7, 11) is 1.85. The van der Waals surface area contributed by atoms with Gasteiger partial charge in [0.2, 0.25) is 0 Å². The van der Waals surface area contributed by atoms with Crippen LogP contribution in [0.15, 0.2) is 4.99 Å². The topological polar surface area (TPSA) is 60.4 Å². The van der Waals surface area contributed by atoms with E-state index in [-0.39, 0.29) is 36.0 Å². The Morgan fingerprint density at radius 2 is 1.88 bits per heavy atom. The van der Waals surface area contributed by atoms with Crippen molar-refractivity contribution in [2.75, 3.05) is 66.0 Å². The van der Waals surface area contributed by atoms with Crippen molar-refractivity contribution < 1.29 is 9.53 Å². The van der Waals surface area contributed by atoms with E-state index in [9.17, 15) is 4.79 Å².